The van der Waals surface area contributed by atoms with E-state index in [1.165, 1.54) is 10.9 Å². The molecule has 0 unspecified atom stereocenters. The Hall–Kier alpha value is -1.88. The number of hydrogen-bond donors (Lipinski definition) is 0. The monoisotopic (exact) mass is 356 g/mol. The lowest BCUT2D eigenvalue weighted by Gasteiger charge is -2.31. The second-order valence-electron chi connectivity index (χ2n) is 5.45. The highest BCUT2D eigenvalue weighted by atomic mass is 32.2. The van der Waals surface area contributed by atoms with Crippen LogP contribution < -0.4 is 0 Å². The summed E-state index contributed by atoms with van der Waals surface area (Å²) < 4.78 is 30.3. The lowest BCUT2D eigenvalue weighted by molar-refractivity contribution is 0.0729. The summed E-state index contributed by atoms with van der Waals surface area (Å²) in [5, 5.41) is 10.6. The standard InChI is InChI=1S/C12H16N6O3S2/c1-8-10(22-16-14-8)11(19)18-5-3-9(4-6-18)23(20,21)12-15-13-7-17(12)2/h7,9H,3-6H2,1-2H3. The molecule has 9 nitrogen and oxygen atoms in total. The van der Waals surface area contributed by atoms with E-state index in [1.807, 2.05) is 0 Å². The van der Waals surface area contributed by atoms with Gasteiger partial charge in [0.1, 0.15) is 11.2 Å². The van der Waals surface area contributed by atoms with E-state index in [0.717, 1.165) is 11.5 Å². The first-order valence-electron chi connectivity index (χ1n) is 7.07. The van der Waals surface area contributed by atoms with Crippen LogP contribution in [0.4, 0.5) is 0 Å². The Bertz CT molecular complexity index is 819. The maximum atomic E-state index is 12.6. The smallest absolute Gasteiger partial charge is 0.267 e. The molecule has 11 heteroatoms. The summed E-state index contributed by atoms with van der Waals surface area (Å²) in [6.07, 6.45) is 2.13. The zero-order valence-corrected chi connectivity index (χ0v) is 14.3. The zero-order chi connectivity index (χ0) is 16.6. The normalized spacial score (nSPS) is 16.7. The summed E-state index contributed by atoms with van der Waals surface area (Å²) in [4.78, 5) is 14.6. The second kappa shape index (κ2) is 5.96. The van der Waals surface area contributed by atoms with Gasteiger partial charge in [-0.1, -0.05) is 4.49 Å². The molecule has 23 heavy (non-hydrogen) atoms. The van der Waals surface area contributed by atoms with E-state index >= 15 is 0 Å². The molecule has 1 aliphatic heterocycles. The van der Waals surface area contributed by atoms with E-state index < -0.39 is 15.1 Å². The van der Waals surface area contributed by atoms with E-state index in [-0.39, 0.29) is 11.1 Å². The third kappa shape index (κ3) is 2.85. The SMILES string of the molecule is Cc1nnsc1C(=O)N1CCC(S(=O)(=O)c2nncn2C)CC1. The van der Waals surface area contributed by atoms with Crippen LogP contribution in [0, 0.1) is 6.92 Å². The predicted molar refractivity (Wildman–Crippen MR) is 81.8 cm³/mol. The van der Waals surface area contributed by atoms with Crippen molar-refractivity contribution in [3.8, 4) is 0 Å². The van der Waals surface area contributed by atoms with Crippen LogP contribution >= 0.6 is 11.5 Å². The molecule has 124 valence electrons. The number of aryl methyl sites for hydroxylation is 2. The highest BCUT2D eigenvalue weighted by molar-refractivity contribution is 7.91. The van der Waals surface area contributed by atoms with Crippen molar-refractivity contribution in [3.63, 3.8) is 0 Å². The van der Waals surface area contributed by atoms with Gasteiger partial charge in [0, 0.05) is 20.1 Å². The van der Waals surface area contributed by atoms with Crippen LogP contribution in [0.15, 0.2) is 11.5 Å². The summed E-state index contributed by atoms with van der Waals surface area (Å²) in [5.74, 6) is -0.132. The number of aromatic nitrogens is 5. The Balaban J connectivity index is 1.71. The van der Waals surface area contributed by atoms with Gasteiger partial charge in [-0.15, -0.1) is 15.3 Å². The number of carbonyl (C=O) groups is 1. The number of nitrogens with zero attached hydrogens (tertiary/aromatic N) is 6. The van der Waals surface area contributed by atoms with Gasteiger partial charge in [-0.05, 0) is 31.3 Å². The van der Waals surface area contributed by atoms with Gasteiger partial charge in [-0.25, -0.2) is 8.42 Å². The molecule has 1 saturated heterocycles. The first-order valence-corrected chi connectivity index (χ1v) is 9.39. The van der Waals surface area contributed by atoms with E-state index in [1.54, 1.807) is 18.9 Å². The van der Waals surface area contributed by atoms with Crippen LogP contribution in [0.2, 0.25) is 0 Å². The average Bonchev–Trinajstić information content (AvgIpc) is 3.15. The average molecular weight is 356 g/mol. The minimum atomic E-state index is -3.53. The van der Waals surface area contributed by atoms with Gasteiger partial charge < -0.3 is 9.47 Å². The first-order chi connectivity index (χ1) is 10.9. The predicted octanol–water partition coefficient (Wildman–Crippen LogP) is 0.0535. The number of piperidine rings is 1. The molecule has 1 aliphatic rings. The Morgan fingerprint density at radius 3 is 2.52 bits per heavy atom. The number of amides is 1. The number of hydrogen-bond acceptors (Lipinski definition) is 8. The molecule has 0 radical (unpaired) electrons. The fraction of sp³-hybridized carbons (Fsp3) is 0.583. The van der Waals surface area contributed by atoms with Crippen LogP contribution in [0.5, 0.6) is 0 Å². The van der Waals surface area contributed by atoms with Crippen LogP contribution in [0.25, 0.3) is 0 Å². The van der Waals surface area contributed by atoms with Crippen molar-refractivity contribution in [2.45, 2.75) is 30.2 Å². The van der Waals surface area contributed by atoms with Gasteiger partial charge in [0.2, 0.25) is 15.0 Å². The fourth-order valence-electron chi connectivity index (χ4n) is 2.62. The Kier molecular flexibility index (Phi) is 4.15. The topological polar surface area (TPSA) is 111 Å². The first kappa shape index (κ1) is 16.0. The molecule has 3 rings (SSSR count). The van der Waals surface area contributed by atoms with Gasteiger partial charge in [-0.3, -0.25) is 4.79 Å². The molecule has 0 N–H and O–H groups in total. The lowest BCUT2D eigenvalue weighted by atomic mass is 10.1. The van der Waals surface area contributed by atoms with Crippen molar-refractivity contribution in [2.24, 2.45) is 7.05 Å². The van der Waals surface area contributed by atoms with Crippen molar-refractivity contribution < 1.29 is 13.2 Å². The molecular formula is C12H16N6O3S2. The molecule has 2 aromatic heterocycles. The minimum absolute atomic E-state index is 0.0234. The molecule has 3 heterocycles. The van der Waals surface area contributed by atoms with Crippen LogP contribution in [-0.2, 0) is 16.9 Å². The molecule has 0 bridgehead atoms. The molecule has 2 aromatic rings. The number of rotatable bonds is 3. The van der Waals surface area contributed by atoms with Gasteiger partial charge >= 0.3 is 0 Å². The summed E-state index contributed by atoms with van der Waals surface area (Å²) >= 11 is 1.07. The molecule has 0 aliphatic carbocycles. The zero-order valence-electron chi connectivity index (χ0n) is 12.7. The minimum Gasteiger partial charge on any atom is -0.338 e. The number of carbonyl (C=O) groups excluding carboxylic acids is 1. The van der Waals surface area contributed by atoms with Gasteiger partial charge in [0.05, 0.1) is 10.9 Å². The molecule has 0 spiro atoms. The van der Waals surface area contributed by atoms with Crippen LogP contribution in [-0.4, -0.2) is 61.9 Å². The fourth-order valence-corrected chi connectivity index (χ4v) is 4.98. The van der Waals surface area contributed by atoms with E-state index in [9.17, 15) is 13.2 Å². The molecule has 1 amide bonds. The molecular weight excluding hydrogens is 340 g/mol. The largest absolute Gasteiger partial charge is 0.338 e. The molecule has 0 saturated carbocycles. The van der Waals surface area contributed by atoms with Crippen molar-refractivity contribution in [1.82, 2.24) is 29.3 Å². The van der Waals surface area contributed by atoms with E-state index in [2.05, 4.69) is 19.8 Å². The Labute approximate surface area is 137 Å². The Morgan fingerprint density at radius 1 is 1.30 bits per heavy atom. The molecule has 0 aromatic carbocycles. The summed E-state index contributed by atoms with van der Waals surface area (Å²) in [7, 11) is -1.93. The maximum Gasteiger partial charge on any atom is 0.267 e. The Morgan fingerprint density at radius 2 is 2.00 bits per heavy atom. The van der Waals surface area contributed by atoms with E-state index in [4.69, 9.17) is 0 Å². The van der Waals surface area contributed by atoms with Crippen molar-refractivity contribution >= 4 is 27.3 Å². The van der Waals surface area contributed by atoms with Crippen molar-refractivity contribution in [3.05, 3.63) is 16.9 Å². The van der Waals surface area contributed by atoms with Crippen molar-refractivity contribution in [2.75, 3.05) is 13.1 Å². The third-order valence-electron chi connectivity index (χ3n) is 3.94. The highest BCUT2D eigenvalue weighted by Crippen LogP contribution is 2.24. The lowest BCUT2D eigenvalue weighted by Crippen LogP contribution is -2.42. The molecule has 1 fully saturated rings. The highest BCUT2D eigenvalue weighted by Gasteiger charge is 2.36. The van der Waals surface area contributed by atoms with E-state index in [0.29, 0.717) is 36.5 Å². The van der Waals surface area contributed by atoms with Gasteiger partial charge in [0.15, 0.2) is 0 Å². The number of likely N-dealkylation sites (tertiary alicyclic amines) is 1. The summed E-state index contributed by atoms with van der Waals surface area (Å²) in [6.45, 7) is 2.51. The van der Waals surface area contributed by atoms with Gasteiger partial charge in [0.25, 0.3) is 5.91 Å². The second-order valence-corrected chi connectivity index (χ2v) is 8.32. The summed E-state index contributed by atoms with van der Waals surface area (Å²) in [6, 6.07) is 0. The van der Waals surface area contributed by atoms with Crippen molar-refractivity contribution in [1.29, 1.82) is 0 Å². The third-order valence-corrected chi connectivity index (χ3v) is 6.98. The quantitative estimate of drug-likeness (QED) is 0.764. The van der Waals surface area contributed by atoms with Crippen LogP contribution in [0.3, 0.4) is 0 Å². The molecule has 0 atom stereocenters. The van der Waals surface area contributed by atoms with Gasteiger partial charge in [-0.2, -0.15) is 0 Å². The maximum absolute atomic E-state index is 12.6. The number of sulfone groups is 1. The van der Waals surface area contributed by atoms with Crippen LogP contribution in [0.1, 0.15) is 28.2 Å². The summed E-state index contributed by atoms with van der Waals surface area (Å²) in [5.41, 5.74) is 0.605.